The van der Waals surface area contributed by atoms with Gasteiger partial charge in [0.15, 0.2) is 0 Å². The third-order valence-electron chi connectivity index (χ3n) is 3.88. The summed E-state index contributed by atoms with van der Waals surface area (Å²) in [6.07, 6.45) is 4.94. The van der Waals surface area contributed by atoms with Gasteiger partial charge in [-0.25, -0.2) is 0 Å². The third-order valence-corrected chi connectivity index (χ3v) is 4.12. The molecular weight excluding hydrogens is 244 g/mol. The topological polar surface area (TPSA) is 17.0 Å². The summed E-state index contributed by atoms with van der Waals surface area (Å²) >= 11 is 6.05. The van der Waals surface area contributed by atoms with Crippen LogP contribution >= 0.6 is 11.6 Å². The smallest absolute Gasteiger partial charge is 0.0495 e. The van der Waals surface area contributed by atoms with E-state index in [0.717, 1.165) is 24.0 Å². The van der Waals surface area contributed by atoms with Gasteiger partial charge < -0.3 is 9.88 Å². The van der Waals surface area contributed by atoms with E-state index in [1.54, 1.807) is 0 Å². The van der Waals surface area contributed by atoms with Crippen molar-refractivity contribution >= 4 is 22.5 Å². The Balaban J connectivity index is 1.64. The maximum absolute atomic E-state index is 6.05. The van der Waals surface area contributed by atoms with Gasteiger partial charge in [0, 0.05) is 35.9 Å². The number of hydrogen-bond acceptors (Lipinski definition) is 1. The Bertz CT molecular complexity index is 542. The summed E-state index contributed by atoms with van der Waals surface area (Å²) in [5.74, 6) is 0.917. The molecule has 1 aromatic heterocycles. The highest BCUT2D eigenvalue weighted by Gasteiger charge is 2.27. The van der Waals surface area contributed by atoms with Gasteiger partial charge in [-0.1, -0.05) is 17.7 Å². The quantitative estimate of drug-likeness (QED) is 0.870. The van der Waals surface area contributed by atoms with Gasteiger partial charge >= 0.3 is 0 Å². The van der Waals surface area contributed by atoms with E-state index in [2.05, 4.69) is 35.1 Å². The van der Waals surface area contributed by atoms with Gasteiger partial charge in [0.2, 0.25) is 0 Å². The number of nitrogens with one attached hydrogen (secondary N) is 1. The molecule has 18 heavy (non-hydrogen) atoms. The van der Waals surface area contributed by atoms with Crippen LogP contribution in [0.15, 0.2) is 30.5 Å². The molecule has 0 spiro atoms. The number of nitrogens with zero attached hydrogens (tertiary/aromatic N) is 1. The number of fused-ring (bicyclic) bond motifs is 1. The van der Waals surface area contributed by atoms with Crippen LogP contribution in [0.4, 0.5) is 0 Å². The Labute approximate surface area is 113 Å². The lowest BCUT2D eigenvalue weighted by atomic mass is 10.2. The van der Waals surface area contributed by atoms with Gasteiger partial charge in [-0.3, -0.25) is 0 Å². The molecule has 1 saturated carbocycles. The average Bonchev–Trinajstić information content (AvgIpc) is 3.13. The highest BCUT2D eigenvalue weighted by atomic mass is 35.5. The van der Waals surface area contributed by atoms with Gasteiger partial charge in [-0.05, 0) is 49.3 Å². The minimum atomic E-state index is 0.662. The molecule has 2 aromatic rings. The van der Waals surface area contributed by atoms with Crippen LogP contribution in [0.5, 0.6) is 0 Å². The molecule has 2 nitrogen and oxygen atoms in total. The molecule has 1 aliphatic rings. The SMILES string of the molecule is CC(NCCn1ccc2ccc(Cl)cc21)C1CC1. The van der Waals surface area contributed by atoms with Gasteiger partial charge in [0.05, 0.1) is 0 Å². The Morgan fingerprint density at radius 3 is 3.00 bits per heavy atom. The normalized spacial score (nSPS) is 17.2. The number of halogens is 1. The summed E-state index contributed by atoms with van der Waals surface area (Å²) in [6.45, 7) is 4.32. The van der Waals surface area contributed by atoms with Gasteiger partial charge in [0.25, 0.3) is 0 Å². The van der Waals surface area contributed by atoms with Crippen molar-refractivity contribution in [3.8, 4) is 0 Å². The lowest BCUT2D eigenvalue weighted by Crippen LogP contribution is -2.30. The maximum atomic E-state index is 6.05. The van der Waals surface area contributed by atoms with Crippen LogP contribution < -0.4 is 5.32 Å². The number of rotatable bonds is 5. The molecule has 0 saturated heterocycles. The van der Waals surface area contributed by atoms with Gasteiger partial charge in [-0.15, -0.1) is 0 Å². The summed E-state index contributed by atoms with van der Waals surface area (Å²) < 4.78 is 2.27. The average molecular weight is 263 g/mol. The molecule has 1 unspecified atom stereocenters. The molecule has 0 amide bonds. The van der Waals surface area contributed by atoms with Gasteiger partial charge in [-0.2, -0.15) is 0 Å². The fraction of sp³-hybridized carbons (Fsp3) is 0.467. The van der Waals surface area contributed by atoms with E-state index >= 15 is 0 Å². The Kier molecular flexibility index (Phi) is 3.31. The van der Waals surface area contributed by atoms with E-state index in [-0.39, 0.29) is 0 Å². The number of hydrogen-bond donors (Lipinski definition) is 1. The second kappa shape index (κ2) is 4.94. The molecular formula is C15H19ClN2. The van der Waals surface area contributed by atoms with Crippen molar-refractivity contribution in [2.75, 3.05) is 6.54 Å². The van der Waals surface area contributed by atoms with Crippen LogP contribution in [-0.4, -0.2) is 17.2 Å². The predicted octanol–water partition coefficient (Wildman–Crippen LogP) is 3.68. The third kappa shape index (κ3) is 2.55. The molecule has 1 fully saturated rings. The van der Waals surface area contributed by atoms with Crippen molar-refractivity contribution in [2.24, 2.45) is 5.92 Å². The standard InChI is InChI=1S/C15H19ClN2/c1-11(12-2-3-12)17-7-9-18-8-6-13-4-5-14(16)10-15(13)18/h4-6,8,10-12,17H,2-3,7,9H2,1H3. The van der Waals surface area contributed by atoms with Gasteiger partial charge in [0.1, 0.15) is 0 Å². The van der Waals surface area contributed by atoms with Crippen molar-refractivity contribution in [1.82, 2.24) is 9.88 Å². The lowest BCUT2D eigenvalue weighted by Gasteiger charge is -2.13. The fourth-order valence-corrected chi connectivity index (χ4v) is 2.69. The van der Waals surface area contributed by atoms with Crippen LogP contribution in [0.3, 0.4) is 0 Å². The largest absolute Gasteiger partial charge is 0.346 e. The van der Waals surface area contributed by atoms with Crippen molar-refractivity contribution in [2.45, 2.75) is 32.4 Å². The molecule has 96 valence electrons. The minimum absolute atomic E-state index is 0.662. The molecule has 3 rings (SSSR count). The Hall–Kier alpha value is -0.990. The fourth-order valence-electron chi connectivity index (χ4n) is 2.53. The van der Waals surface area contributed by atoms with E-state index < -0.39 is 0 Å². The van der Waals surface area contributed by atoms with Crippen molar-refractivity contribution in [3.05, 3.63) is 35.5 Å². The molecule has 0 bridgehead atoms. The molecule has 1 N–H and O–H groups in total. The highest BCUT2D eigenvalue weighted by molar-refractivity contribution is 6.31. The van der Waals surface area contributed by atoms with E-state index in [0.29, 0.717) is 6.04 Å². The molecule has 1 aromatic carbocycles. The minimum Gasteiger partial charge on any atom is -0.346 e. The van der Waals surface area contributed by atoms with E-state index in [9.17, 15) is 0 Å². The number of benzene rings is 1. The summed E-state index contributed by atoms with van der Waals surface area (Å²) in [7, 11) is 0. The summed E-state index contributed by atoms with van der Waals surface area (Å²) in [5, 5.41) is 5.67. The second-order valence-electron chi connectivity index (χ2n) is 5.29. The van der Waals surface area contributed by atoms with Crippen LogP contribution in [0, 0.1) is 5.92 Å². The van der Waals surface area contributed by atoms with Crippen molar-refractivity contribution in [3.63, 3.8) is 0 Å². The first-order valence-corrected chi connectivity index (χ1v) is 7.09. The number of aromatic nitrogens is 1. The lowest BCUT2D eigenvalue weighted by molar-refractivity contribution is 0.478. The highest BCUT2D eigenvalue weighted by Crippen LogP contribution is 2.32. The van der Waals surface area contributed by atoms with Crippen LogP contribution in [-0.2, 0) is 6.54 Å². The van der Waals surface area contributed by atoms with E-state index in [1.807, 2.05) is 12.1 Å². The van der Waals surface area contributed by atoms with Crippen LogP contribution in [0.2, 0.25) is 5.02 Å². The molecule has 3 heteroatoms. The first-order chi connectivity index (χ1) is 8.74. The Morgan fingerprint density at radius 2 is 2.22 bits per heavy atom. The molecule has 0 aliphatic heterocycles. The molecule has 1 aliphatic carbocycles. The summed E-state index contributed by atoms with van der Waals surface area (Å²) in [5.41, 5.74) is 1.23. The first-order valence-electron chi connectivity index (χ1n) is 6.72. The zero-order valence-electron chi connectivity index (χ0n) is 10.7. The summed E-state index contributed by atoms with van der Waals surface area (Å²) in [6, 6.07) is 8.88. The second-order valence-corrected chi connectivity index (χ2v) is 5.73. The van der Waals surface area contributed by atoms with Crippen LogP contribution in [0.25, 0.3) is 10.9 Å². The van der Waals surface area contributed by atoms with Crippen molar-refractivity contribution < 1.29 is 0 Å². The van der Waals surface area contributed by atoms with E-state index in [1.165, 1.54) is 23.7 Å². The monoisotopic (exact) mass is 262 g/mol. The zero-order chi connectivity index (χ0) is 12.5. The first kappa shape index (κ1) is 12.1. The van der Waals surface area contributed by atoms with Crippen LogP contribution in [0.1, 0.15) is 19.8 Å². The van der Waals surface area contributed by atoms with E-state index in [4.69, 9.17) is 11.6 Å². The predicted molar refractivity (Wildman–Crippen MR) is 77.1 cm³/mol. The Morgan fingerprint density at radius 1 is 1.39 bits per heavy atom. The van der Waals surface area contributed by atoms with Crippen molar-refractivity contribution in [1.29, 1.82) is 0 Å². The molecule has 1 heterocycles. The molecule has 1 atom stereocenters. The zero-order valence-corrected chi connectivity index (χ0v) is 11.5. The molecule has 0 radical (unpaired) electrons. The summed E-state index contributed by atoms with van der Waals surface area (Å²) in [4.78, 5) is 0. The maximum Gasteiger partial charge on any atom is 0.0495 e.